The van der Waals surface area contributed by atoms with Crippen molar-refractivity contribution < 1.29 is 4.79 Å². The van der Waals surface area contributed by atoms with E-state index >= 15 is 0 Å². The molecule has 0 spiro atoms. The molecule has 0 bridgehead atoms. The average Bonchev–Trinajstić information content (AvgIpc) is 3.11. The number of amides is 1. The number of hydrogen-bond donors (Lipinski definition) is 2. The number of halogens is 1. The molecule has 2 fully saturated rings. The van der Waals surface area contributed by atoms with Crippen LogP contribution in [0, 0.1) is 11.8 Å². The summed E-state index contributed by atoms with van der Waals surface area (Å²) in [7, 11) is 0. The summed E-state index contributed by atoms with van der Waals surface area (Å²) < 4.78 is 0. The van der Waals surface area contributed by atoms with Crippen molar-refractivity contribution in [3.05, 3.63) is 22.4 Å². The van der Waals surface area contributed by atoms with Gasteiger partial charge in [-0.3, -0.25) is 9.69 Å². The summed E-state index contributed by atoms with van der Waals surface area (Å²) in [6.45, 7) is 8.50. The van der Waals surface area contributed by atoms with Crippen molar-refractivity contribution in [2.45, 2.75) is 51.6 Å². The minimum absolute atomic E-state index is 0. The Morgan fingerprint density at radius 3 is 2.76 bits per heavy atom. The number of carbonyl (C=O) groups excluding carboxylic acids is 1. The Balaban J connectivity index is 0.00000225. The number of nitrogens with one attached hydrogen (secondary N) is 2. The lowest BCUT2D eigenvalue weighted by Gasteiger charge is -2.37. The van der Waals surface area contributed by atoms with Crippen LogP contribution in [0.4, 0.5) is 0 Å². The first-order valence-electron chi connectivity index (χ1n) is 9.42. The second kappa shape index (κ2) is 9.91. The van der Waals surface area contributed by atoms with Crippen LogP contribution in [0.5, 0.6) is 0 Å². The normalized spacial score (nSPS) is 26.6. The number of carbonyl (C=O) groups is 1. The van der Waals surface area contributed by atoms with Crippen LogP contribution >= 0.6 is 23.7 Å². The number of rotatable bonds is 5. The first-order chi connectivity index (χ1) is 11.6. The Labute approximate surface area is 162 Å². The van der Waals surface area contributed by atoms with E-state index in [1.165, 1.54) is 17.7 Å². The van der Waals surface area contributed by atoms with E-state index in [1.54, 1.807) is 0 Å². The van der Waals surface area contributed by atoms with Gasteiger partial charge in [-0.15, -0.1) is 23.7 Å². The molecule has 1 aromatic rings. The van der Waals surface area contributed by atoms with E-state index in [2.05, 4.69) is 46.9 Å². The predicted molar refractivity (Wildman–Crippen MR) is 107 cm³/mol. The van der Waals surface area contributed by atoms with Crippen molar-refractivity contribution in [1.29, 1.82) is 0 Å². The van der Waals surface area contributed by atoms with Crippen LogP contribution in [0.3, 0.4) is 0 Å². The van der Waals surface area contributed by atoms with E-state index in [9.17, 15) is 4.79 Å². The van der Waals surface area contributed by atoms with Crippen LogP contribution in [0.2, 0.25) is 0 Å². The van der Waals surface area contributed by atoms with Crippen molar-refractivity contribution in [3.63, 3.8) is 0 Å². The molecule has 1 aromatic heterocycles. The minimum atomic E-state index is 0. The molecule has 0 aromatic carbocycles. The highest BCUT2D eigenvalue weighted by Gasteiger charge is 2.28. The maximum atomic E-state index is 12.6. The van der Waals surface area contributed by atoms with Gasteiger partial charge in [-0.2, -0.15) is 0 Å². The Bertz CT molecular complexity index is 517. The Kier molecular flexibility index (Phi) is 8.20. The fourth-order valence-electron chi connectivity index (χ4n) is 3.94. The molecule has 2 N–H and O–H groups in total. The van der Waals surface area contributed by atoms with Gasteiger partial charge >= 0.3 is 0 Å². The van der Waals surface area contributed by atoms with Gasteiger partial charge in [0, 0.05) is 23.4 Å². The maximum absolute atomic E-state index is 12.6. The van der Waals surface area contributed by atoms with E-state index in [1.807, 2.05) is 11.3 Å². The molecule has 0 aliphatic carbocycles. The molecule has 2 aliphatic rings. The van der Waals surface area contributed by atoms with Gasteiger partial charge in [0.05, 0.1) is 6.04 Å². The van der Waals surface area contributed by atoms with Gasteiger partial charge in [-0.05, 0) is 69.6 Å². The SMILES string of the molecule is CC1CCN(C(CNC(=O)[C@H]2CCN[C@@H](C)C2)c2cccs2)CC1.Cl. The number of piperidine rings is 2. The molecule has 0 saturated carbocycles. The first-order valence-corrected chi connectivity index (χ1v) is 10.3. The van der Waals surface area contributed by atoms with Crippen molar-refractivity contribution in [2.24, 2.45) is 11.8 Å². The Morgan fingerprint density at radius 2 is 2.12 bits per heavy atom. The monoisotopic (exact) mass is 385 g/mol. The first kappa shape index (κ1) is 20.7. The molecule has 3 rings (SSSR count). The molecular weight excluding hydrogens is 354 g/mol. The average molecular weight is 386 g/mol. The van der Waals surface area contributed by atoms with Crippen LogP contribution in [-0.4, -0.2) is 43.0 Å². The zero-order valence-corrected chi connectivity index (χ0v) is 17.0. The quantitative estimate of drug-likeness (QED) is 0.815. The van der Waals surface area contributed by atoms with Gasteiger partial charge in [0.15, 0.2) is 0 Å². The van der Waals surface area contributed by atoms with Crippen molar-refractivity contribution >= 4 is 29.7 Å². The summed E-state index contributed by atoms with van der Waals surface area (Å²) >= 11 is 1.81. The highest BCUT2D eigenvalue weighted by molar-refractivity contribution is 7.10. The molecule has 142 valence electrons. The molecule has 25 heavy (non-hydrogen) atoms. The van der Waals surface area contributed by atoms with Crippen molar-refractivity contribution in [1.82, 2.24) is 15.5 Å². The molecule has 1 unspecified atom stereocenters. The lowest BCUT2D eigenvalue weighted by molar-refractivity contribution is -0.126. The second-order valence-corrected chi connectivity index (χ2v) is 8.55. The molecule has 1 amide bonds. The highest BCUT2D eigenvalue weighted by atomic mass is 35.5. The molecular formula is C19H32ClN3OS. The van der Waals surface area contributed by atoms with Gasteiger partial charge in [0.2, 0.25) is 5.91 Å². The van der Waals surface area contributed by atoms with E-state index in [0.717, 1.165) is 44.9 Å². The largest absolute Gasteiger partial charge is 0.354 e. The fraction of sp³-hybridized carbons (Fsp3) is 0.737. The van der Waals surface area contributed by atoms with Crippen LogP contribution in [0.25, 0.3) is 0 Å². The van der Waals surface area contributed by atoms with E-state index in [0.29, 0.717) is 12.1 Å². The van der Waals surface area contributed by atoms with Gasteiger partial charge < -0.3 is 10.6 Å². The maximum Gasteiger partial charge on any atom is 0.223 e. The van der Waals surface area contributed by atoms with Crippen molar-refractivity contribution in [3.8, 4) is 0 Å². The molecule has 6 heteroatoms. The Morgan fingerprint density at radius 1 is 1.36 bits per heavy atom. The molecule has 2 saturated heterocycles. The minimum Gasteiger partial charge on any atom is -0.354 e. The molecule has 3 heterocycles. The summed E-state index contributed by atoms with van der Waals surface area (Å²) in [5.41, 5.74) is 0. The lowest BCUT2D eigenvalue weighted by atomic mass is 9.92. The summed E-state index contributed by atoms with van der Waals surface area (Å²) in [5.74, 6) is 1.25. The molecule has 2 aliphatic heterocycles. The number of thiophene rings is 1. The second-order valence-electron chi connectivity index (χ2n) is 7.57. The Hall–Kier alpha value is -0.620. The fourth-order valence-corrected chi connectivity index (χ4v) is 4.80. The zero-order valence-electron chi connectivity index (χ0n) is 15.4. The predicted octanol–water partition coefficient (Wildman–Crippen LogP) is 3.45. The summed E-state index contributed by atoms with van der Waals surface area (Å²) in [6, 6.07) is 5.12. The molecule has 0 radical (unpaired) electrons. The van der Waals surface area contributed by atoms with E-state index in [4.69, 9.17) is 0 Å². The summed E-state index contributed by atoms with van der Waals surface area (Å²) in [4.78, 5) is 16.5. The van der Waals surface area contributed by atoms with Gasteiger partial charge in [-0.25, -0.2) is 0 Å². The van der Waals surface area contributed by atoms with Gasteiger partial charge in [0.25, 0.3) is 0 Å². The number of hydrogen-bond acceptors (Lipinski definition) is 4. The topological polar surface area (TPSA) is 44.4 Å². The third-order valence-corrected chi connectivity index (χ3v) is 6.57. The molecule has 3 atom stereocenters. The number of likely N-dealkylation sites (tertiary alicyclic amines) is 1. The van der Waals surface area contributed by atoms with Gasteiger partial charge in [-0.1, -0.05) is 13.0 Å². The molecule has 4 nitrogen and oxygen atoms in total. The zero-order chi connectivity index (χ0) is 16.9. The third-order valence-electron chi connectivity index (χ3n) is 5.59. The van der Waals surface area contributed by atoms with Crippen LogP contribution < -0.4 is 10.6 Å². The van der Waals surface area contributed by atoms with Crippen LogP contribution in [0.1, 0.15) is 50.4 Å². The lowest BCUT2D eigenvalue weighted by Crippen LogP contribution is -2.45. The smallest absolute Gasteiger partial charge is 0.223 e. The summed E-state index contributed by atoms with van der Waals surface area (Å²) in [5, 5.41) is 8.84. The standard InChI is InChI=1S/C19H31N3OS.ClH/c1-14-6-9-22(10-7-14)17(18-4-3-11-24-18)13-21-19(23)16-5-8-20-15(2)12-16;/h3-4,11,14-17,20H,5-10,12-13H2,1-2H3,(H,21,23);1H/t15-,16-,17?;/m0./s1. The third kappa shape index (κ3) is 5.68. The van der Waals surface area contributed by atoms with Crippen molar-refractivity contribution in [2.75, 3.05) is 26.2 Å². The van der Waals surface area contributed by atoms with Gasteiger partial charge in [0.1, 0.15) is 0 Å². The van der Waals surface area contributed by atoms with E-state index < -0.39 is 0 Å². The van der Waals surface area contributed by atoms with Crippen LogP contribution in [0.15, 0.2) is 17.5 Å². The summed E-state index contributed by atoms with van der Waals surface area (Å²) in [6.07, 6.45) is 4.45. The highest BCUT2D eigenvalue weighted by Crippen LogP contribution is 2.29. The van der Waals surface area contributed by atoms with E-state index in [-0.39, 0.29) is 24.2 Å². The van der Waals surface area contributed by atoms with Crippen LogP contribution in [-0.2, 0) is 4.79 Å². The number of nitrogens with zero attached hydrogens (tertiary/aromatic N) is 1.